The van der Waals surface area contributed by atoms with Gasteiger partial charge < -0.3 is 9.47 Å². The van der Waals surface area contributed by atoms with Crippen molar-refractivity contribution < 1.29 is 17.1 Å². The zero-order chi connectivity index (χ0) is 32.2. The molecule has 5 rings (SSSR count). The van der Waals surface area contributed by atoms with Crippen LogP contribution in [0, 0.1) is 23.7 Å². The summed E-state index contributed by atoms with van der Waals surface area (Å²) in [6, 6.07) is 4.49. The van der Waals surface area contributed by atoms with Gasteiger partial charge in [0.1, 0.15) is 5.76 Å². The van der Waals surface area contributed by atoms with E-state index in [0.717, 1.165) is 66.4 Å². The van der Waals surface area contributed by atoms with Crippen LogP contribution in [-0.4, -0.2) is 31.1 Å². The molecule has 4 nitrogen and oxygen atoms in total. The van der Waals surface area contributed by atoms with Crippen LogP contribution in [0.4, 0.5) is 0 Å². The third kappa shape index (κ3) is 9.77. The number of carbonyl (C=O) groups excluding carboxylic acids is 1. The highest BCUT2D eigenvalue weighted by Gasteiger charge is 2.30. The number of hydrogen-bond donors (Lipinski definition) is 0. The Balaban J connectivity index is 0.00000188. The van der Waals surface area contributed by atoms with E-state index in [1.54, 1.807) is 7.11 Å². The van der Waals surface area contributed by atoms with E-state index >= 15 is 0 Å². The van der Waals surface area contributed by atoms with Gasteiger partial charge in [0.25, 0.3) is 0 Å². The number of hydrogen-bond acceptors (Lipinski definition) is 4. The lowest BCUT2D eigenvalue weighted by atomic mass is 9.72. The van der Waals surface area contributed by atoms with Crippen LogP contribution >= 0.6 is 0 Å². The Bertz CT molecular complexity index is 1220. The number of Topliss-reactive ketones (excluding diaryl/α,β-unsaturated/α-hetero) is 1. The van der Waals surface area contributed by atoms with Crippen LogP contribution in [0.25, 0.3) is 0 Å². The first kappa shape index (κ1) is 35.4. The first-order chi connectivity index (χ1) is 21.9. The molecule has 45 heavy (non-hydrogen) atoms. The number of pyridine rings is 1. The zero-order valence-corrected chi connectivity index (χ0v) is 29.2. The average Bonchev–Trinajstić information content (AvgIpc) is 3.51. The summed E-state index contributed by atoms with van der Waals surface area (Å²) in [5.74, 6) is 4.33. The Labute approximate surface area is 277 Å². The summed E-state index contributed by atoms with van der Waals surface area (Å²) < 4.78 is 11.5. The molecule has 2 saturated carbocycles. The number of ketones is 1. The molecule has 0 spiro atoms. The predicted octanol–water partition coefficient (Wildman–Crippen LogP) is 10.9. The lowest BCUT2D eigenvalue weighted by Gasteiger charge is -2.35. The first-order valence-electron chi connectivity index (χ1n) is 18.4. The van der Waals surface area contributed by atoms with E-state index in [2.05, 4.69) is 44.7 Å². The van der Waals surface area contributed by atoms with Crippen LogP contribution in [0.15, 0.2) is 59.4 Å². The summed E-state index contributed by atoms with van der Waals surface area (Å²) in [5, 5.41) is 0. The second kappa shape index (κ2) is 18.0. The molecule has 0 bridgehead atoms. The third-order valence-electron chi connectivity index (χ3n) is 11.1. The van der Waals surface area contributed by atoms with Crippen LogP contribution in [0.3, 0.4) is 0 Å². The van der Waals surface area contributed by atoms with Crippen LogP contribution in [0.5, 0.6) is 0 Å². The average molecular weight is 620 g/mol. The number of nitrogens with zero attached hydrogens (tertiary/aromatic N) is 1. The fourth-order valence-electron chi connectivity index (χ4n) is 8.12. The molecular weight excluding hydrogens is 554 g/mol. The van der Waals surface area contributed by atoms with Crippen LogP contribution in [-0.2, 0) is 27.1 Å². The smallest absolute Gasteiger partial charge is 0.159 e. The lowest BCUT2D eigenvalue weighted by molar-refractivity contribution is -0.116. The van der Waals surface area contributed by atoms with Crippen molar-refractivity contribution in [1.29, 1.82) is 0 Å². The Morgan fingerprint density at radius 3 is 2.38 bits per heavy atom. The van der Waals surface area contributed by atoms with E-state index in [1.807, 2.05) is 19.9 Å². The van der Waals surface area contributed by atoms with Gasteiger partial charge in [0.15, 0.2) is 5.78 Å². The van der Waals surface area contributed by atoms with Gasteiger partial charge in [-0.3, -0.25) is 9.78 Å². The van der Waals surface area contributed by atoms with Crippen molar-refractivity contribution in [3.8, 4) is 0 Å². The van der Waals surface area contributed by atoms with Crippen molar-refractivity contribution in [3.05, 3.63) is 76.4 Å². The minimum absolute atomic E-state index is 0. The second-order valence-electron chi connectivity index (χ2n) is 13.8. The summed E-state index contributed by atoms with van der Waals surface area (Å²) >= 11 is 0. The SMILES string of the molecule is C=C(CC)C(C)c1ccc(CC2=C(OC)C=C(C(=O)CC3CCC(C4CCOCC4)CC3)CC=C2)nc1CC1CCCC1.CC.[HH].[HH]. The first-order valence-corrected chi connectivity index (χ1v) is 18.4. The number of aromatic nitrogens is 1. The van der Waals surface area contributed by atoms with Gasteiger partial charge in [-0.2, -0.15) is 0 Å². The molecule has 3 aliphatic carbocycles. The molecule has 3 fully saturated rings. The van der Waals surface area contributed by atoms with Crippen molar-refractivity contribution >= 4 is 5.78 Å². The topological polar surface area (TPSA) is 48.4 Å². The monoisotopic (exact) mass is 619 g/mol. The Kier molecular flexibility index (Phi) is 14.2. The molecule has 1 atom stereocenters. The quantitative estimate of drug-likeness (QED) is 0.218. The molecule has 1 unspecified atom stereocenters. The second-order valence-corrected chi connectivity index (χ2v) is 13.8. The van der Waals surface area contributed by atoms with Crippen molar-refractivity contribution in [2.75, 3.05) is 20.3 Å². The van der Waals surface area contributed by atoms with E-state index in [0.29, 0.717) is 36.9 Å². The van der Waals surface area contributed by atoms with Crippen LogP contribution in [0.2, 0.25) is 0 Å². The molecule has 4 heteroatoms. The van der Waals surface area contributed by atoms with Gasteiger partial charge in [-0.05, 0) is 105 Å². The fourth-order valence-corrected chi connectivity index (χ4v) is 8.12. The number of ether oxygens (including phenoxy) is 2. The molecule has 4 aliphatic rings. The highest BCUT2D eigenvalue weighted by Crippen LogP contribution is 2.39. The predicted molar refractivity (Wildman–Crippen MR) is 192 cm³/mol. The molecule has 252 valence electrons. The molecule has 0 aromatic carbocycles. The summed E-state index contributed by atoms with van der Waals surface area (Å²) in [6.07, 6.45) is 23.1. The molecule has 0 N–H and O–H groups in total. The molecule has 0 radical (unpaired) electrons. The van der Waals surface area contributed by atoms with E-state index in [4.69, 9.17) is 14.5 Å². The maximum atomic E-state index is 13.5. The van der Waals surface area contributed by atoms with Gasteiger partial charge in [-0.25, -0.2) is 0 Å². The van der Waals surface area contributed by atoms with E-state index in [1.165, 1.54) is 81.0 Å². The molecule has 1 aromatic rings. The third-order valence-corrected chi connectivity index (χ3v) is 11.1. The highest BCUT2D eigenvalue weighted by atomic mass is 16.5. The van der Waals surface area contributed by atoms with Gasteiger partial charge in [0, 0.05) is 51.8 Å². The summed E-state index contributed by atoms with van der Waals surface area (Å²) in [7, 11) is 1.73. The maximum Gasteiger partial charge on any atom is 0.159 e. The fraction of sp³-hybridized carbons (Fsp3) is 0.659. The largest absolute Gasteiger partial charge is 0.496 e. The van der Waals surface area contributed by atoms with Gasteiger partial charge in [0.05, 0.1) is 7.11 Å². The number of rotatable bonds is 12. The maximum absolute atomic E-state index is 13.5. The normalized spacial score (nSPS) is 23.5. The molecule has 0 amide bonds. The Hall–Kier alpha value is -2.46. The molecule has 1 saturated heterocycles. The van der Waals surface area contributed by atoms with Crippen molar-refractivity contribution in [2.45, 2.75) is 130 Å². The Morgan fingerprint density at radius 2 is 1.71 bits per heavy atom. The molecule has 1 aliphatic heterocycles. The minimum atomic E-state index is 0. The molecule has 2 heterocycles. The van der Waals surface area contributed by atoms with Gasteiger partial charge >= 0.3 is 0 Å². The number of methoxy groups -OCH3 is 1. The van der Waals surface area contributed by atoms with E-state index in [-0.39, 0.29) is 2.85 Å². The van der Waals surface area contributed by atoms with Crippen molar-refractivity contribution in [2.24, 2.45) is 23.7 Å². The van der Waals surface area contributed by atoms with Gasteiger partial charge in [-0.15, -0.1) is 0 Å². The summed E-state index contributed by atoms with van der Waals surface area (Å²) in [6.45, 7) is 14.7. The van der Waals surface area contributed by atoms with Crippen molar-refractivity contribution in [1.82, 2.24) is 4.98 Å². The van der Waals surface area contributed by atoms with E-state index in [9.17, 15) is 4.79 Å². The van der Waals surface area contributed by atoms with E-state index < -0.39 is 0 Å². The zero-order valence-electron chi connectivity index (χ0n) is 29.2. The van der Waals surface area contributed by atoms with Gasteiger partial charge in [-0.1, -0.05) is 83.7 Å². The standard InChI is InChI=1S/C39H55NO3.C2H6.2H2/c1-5-27(2)28(3)36-18-17-35(40-37(36)23-29-9-6-7-10-29)25-34-12-8-11-33(26-39(34)42-4)38(41)24-30-13-15-31(16-14-30)32-19-21-43-22-20-32;1-2;;/h8,12,17-18,26,28-32H,2,5-7,9-11,13-16,19-25H2,1,3-4H3;1-2H3;2*1H. The molecule has 1 aromatic heterocycles. The summed E-state index contributed by atoms with van der Waals surface area (Å²) in [4.78, 5) is 18.8. The van der Waals surface area contributed by atoms with Gasteiger partial charge in [0.2, 0.25) is 0 Å². The highest BCUT2D eigenvalue weighted by molar-refractivity contribution is 5.96. The number of allylic oxidation sites excluding steroid dienone is 6. The molecular formula is C41H65NO3. The van der Waals surface area contributed by atoms with Crippen molar-refractivity contribution in [3.63, 3.8) is 0 Å². The van der Waals surface area contributed by atoms with Crippen LogP contribution < -0.4 is 0 Å². The Morgan fingerprint density at radius 1 is 1.02 bits per heavy atom. The number of carbonyl (C=O) groups is 1. The van der Waals surface area contributed by atoms with Crippen LogP contribution in [0.1, 0.15) is 137 Å². The minimum Gasteiger partial charge on any atom is -0.496 e. The lowest BCUT2D eigenvalue weighted by Crippen LogP contribution is -2.27. The summed E-state index contributed by atoms with van der Waals surface area (Å²) in [5.41, 5.74) is 6.92.